The first kappa shape index (κ1) is 20.0. The highest BCUT2D eigenvalue weighted by molar-refractivity contribution is 6.08. The number of carbonyl (C=O) groups excluding carboxylic acids is 2. The molecule has 26 heavy (non-hydrogen) atoms. The minimum absolute atomic E-state index is 0.196. The highest BCUT2D eigenvalue weighted by atomic mass is 16.3. The molecule has 0 fully saturated rings. The number of nitrogens with zero attached hydrogens (tertiary/aromatic N) is 1. The Kier molecular flexibility index (Phi) is 6.42. The topological polar surface area (TPSA) is 97.3 Å². The Morgan fingerprint density at radius 1 is 1.19 bits per heavy atom. The summed E-state index contributed by atoms with van der Waals surface area (Å²) < 4.78 is 2.05. The van der Waals surface area contributed by atoms with Crippen LogP contribution in [0.1, 0.15) is 50.4 Å². The molecule has 1 unspecified atom stereocenters. The fraction of sp³-hybridized carbons (Fsp3) is 0.500. The zero-order valence-electron chi connectivity index (χ0n) is 15.8. The summed E-state index contributed by atoms with van der Waals surface area (Å²) >= 11 is 0. The van der Waals surface area contributed by atoms with Crippen molar-refractivity contribution < 1.29 is 14.7 Å². The number of primary amides is 1. The molecule has 6 heteroatoms. The van der Waals surface area contributed by atoms with E-state index in [9.17, 15) is 9.59 Å². The summed E-state index contributed by atoms with van der Waals surface area (Å²) in [7, 11) is 0. The van der Waals surface area contributed by atoms with Crippen molar-refractivity contribution in [1.82, 2.24) is 9.88 Å². The number of aryl methyl sites for hydroxylation is 1. The van der Waals surface area contributed by atoms with Crippen molar-refractivity contribution in [2.24, 2.45) is 11.1 Å². The second-order valence-corrected chi connectivity index (χ2v) is 7.71. The van der Waals surface area contributed by atoms with Gasteiger partial charge in [0.15, 0.2) is 0 Å². The van der Waals surface area contributed by atoms with Crippen LogP contribution in [-0.4, -0.2) is 34.1 Å². The minimum atomic E-state index is -0.748. The number of hydrogen-bond donors (Lipinski definition) is 3. The van der Waals surface area contributed by atoms with Crippen molar-refractivity contribution in [1.29, 1.82) is 0 Å². The number of aliphatic hydroxyl groups excluding tert-OH is 1. The van der Waals surface area contributed by atoms with Crippen LogP contribution in [0.4, 0.5) is 0 Å². The number of rotatable bonds is 8. The van der Waals surface area contributed by atoms with Crippen molar-refractivity contribution >= 4 is 22.7 Å². The summed E-state index contributed by atoms with van der Waals surface area (Å²) in [4.78, 5) is 24.6. The first-order valence-corrected chi connectivity index (χ1v) is 9.04. The van der Waals surface area contributed by atoms with E-state index < -0.39 is 17.4 Å². The molecule has 4 N–H and O–H groups in total. The number of benzene rings is 1. The number of nitrogens with two attached hydrogens (primary N) is 1. The summed E-state index contributed by atoms with van der Waals surface area (Å²) in [5.74, 6) is -0.840. The van der Waals surface area contributed by atoms with E-state index in [1.165, 1.54) is 0 Å². The van der Waals surface area contributed by atoms with E-state index in [0.29, 0.717) is 5.56 Å². The highest BCUT2D eigenvalue weighted by Crippen LogP contribution is 2.24. The minimum Gasteiger partial charge on any atom is -0.396 e. The van der Waals surface area contributed by atoms with Crippen LogP contribution >= 0.6 is 0 Å². The summed E-state index contributed by atoms with van der Waals surface area (Å²) in [6.07, 6.45) is 4.46. The number of nitrogens with one attached hydrogen (secondary N) is 1. The standard InChI is InChI=1S/C20H29N3O3/c1-20(2,3)17(18(21)25)22-19(26)15-13-23(11-7-4-8-12-24)16-10-6-5-9-14(15)16/h5-6,9-10,13,17,24H,4,7-8,11-12H2,1-3H3,(H2,21,25)(H,22,26). The molecular weight excluding hydrogens is 330 g/mol. The molecule has 142 valence electrons. The lowest BCUT2D eigenvalue weighted by Gasteiger charge is -2.28. The Bertz CT molecular complexity index is 774. The number of carbonyl (C=O) groups is 2. The van der Waals surface area contributed by atoms with Gasteiger partial charge in [-0.15, -0.1) is 0 Å². The molecule has 2 rings (SSSR count). The third-order valence-corrected chi connectivity index (χ3v) is 4.52. The van der Waals surface area contributed by atoms with Crippen LogP contribution in [0, 0.1) is 5.41 Å². The van der Waals surface area contributed by atoms with Gasteiger partial charge in [0.1, 0.15) is 6.04 Å². The van der Waals surface area contributed by atoms with E-state index >= 15 is 0 Å². The zero-order valence-corrected chi connectivity index (χ0v) is 15.8. The number of para-hydroxylation sites is 1. The van der Waals surface area contributed by atoms with Crippen molar-refractivity contribution in [3.05, 3.63) is 36.0 Å². The fourth-order valence-electron chi connectivity index (χ4n) is 3.11. The molecule has 1 atom stereocenters. The molecular formula is C20H29N3O3. The van der Waals surface area contributed by atoms with Gasteiger partial charge in [-0.1, -0.05) is 39.0 Å². The predicted octanol–water partition coefficient (Wildman–Crippen LogP) is 2.43. The van der Waals surface area contributed by atoms with Gasteiger partial charge in [0.25, 0.3) is 5.91 Å². The largest absolute Gasteiger partial charge is 0.396 e. The van der Waals surface area contributed by atoms with Gasteiger partial charge >= 0.3 is 0 Å². The smallest absolute Gasteiger partial charge is 0.254 e. The van der Waals surface area contributed by atoms with E-state index in [0.717, 1.165) is 36.7 Å². The van der Waals surface area contributed by atoms with Gasteiger partial charge in [-0.2, -0.15) is 0 Å². The van der Waals surface area contributed by atoms with Crippen LogP contribution in [-0.2, 0) is 11.3 Å². The summed E-state index contributed by atoms with van der Waals surface area (Å²) in [6, 6.07) is 6.97. The Morgan fingerprint density at radius 3 is 2.50 bits per heavy atom. The average molecular weight is 359 g/mol. The molecule has 0 radical (unpaired) electrons. The lowest BCUT2D eigenvalue weighted by molar-refractivity contribution is -0.122. The van der Waals surface area contributed by atoms with Crippen molar-refractivity contribution in [3.63, 3.8) is 0 Å². The maximum atomic E-state index is 12.8. The van der Waals surface area contributed by atoms with Gasteiger partial charge in [-0.05, 0) is 30.7 Å². The molecule has 0 aliphatic rings. The van der Waals surface area contributed by atoms with Crippen LogP contribution in [0.25, 0.3) is 10.9 Å². The summed E-state index contributed by atoms with van der Waals surface area (Å²) in [5, 5.41) is 12.6. The lowest BCUT2D eigenvalue weighted by atomic mass is 9.86. The van der Waals surface area contributed by atoms with Crippen LogP contribution in [0.5, 0.6) is 0 Å². The monoisotopic (exact) mass is 359 g/mol. The number of hydrogen-bond acceptors (Lipinski definition) is 3. The summed E-state index contributed by atoms with van der Waals surface area (Å²) in [5.41, 5.74) is 6.53. The molecule has 0 spiro atoms. The first-order chi connectivity index (χ1) is 12.3. The molecule has 0 saturated carbocycles. The first-order valence-electron chi connectivity index (χ1n) is 9.04. The van der Waals surface area contributed by atoms with E-state index in [1.807, 2.05) is 51.2 Å². The number of fused-ring (bicyclic) bond motifs is 1. The van der Waals surface area contributed by atoms with E-state index in [-0.39, 0.29) is 12.5 Å². The molecule has 2 amide bonds. The molecule has 0 aliphatic heterocycles. The number of aromatic nitrogens is 1. The molecule has 1 heterocycles. The van der Waals surface area contributed by atoms with Gasteiger partial charge in [0.2, 0.25) is 5.91 Å². The van der Waals surface area contributed by atoms with Crippen LogP contribution in [0.2, 0.25) is 0 Å². The number of unbranched alkanes of at least 4 members (excludes halogenated alkanes) is 2. The van der Waals surface area contributed by atoms with Gasteiger partial charge in [-0.3, -0.25) is 9.59 Å². The van der Waals surface area contributed by atoms with Gasteiger partial charge < -0.3 is 20.7 Å². The Morgan fingerprint density at radius 2 is 1.88 bits per heavy atom. The average Bonchev–Trinajstić information content (AvgIpc) is 2.94. The fourth-order valence-corrected chi connectivity index (χ4v) is 3.11. The maximum absolute atomic E-state index is 12.8. The van der Waals surface area contributed by atoms with Crippen molar-refractivity contribution in [3.8, 4) is 0 Å². The van der Waals surface area contributed by atoms with Crippen LogP contribution < -0.4 is 11.1 Å². The molecule has 1 aromatic heterocycles. The number of amides is 2. The third-order valence-electron chi connectivity index (χ3n) is 4.52. The Balaban J connectivity index is 2.28. The van der Waals surface area contributed by atoms with Crippen molar-refractivity contribution in [2.45, 2.75) is 52.6 Å². The molecule has 0 bridgehead atoms. The summed E-state index contributed by atoms with van der Waals surface area (Å²) in [6.45, 7) is 6.57. The second-order valence-electron chi connectivity index (χ2n) is 7.71. The molecule has 2 aromatic rings. The van der Waals surface area contributed by atoms with Crippen LogP contribution in [0.3, 0.4) is 0 Å². The number of aliphatic hydroxyl groups is 1. The molecule has 1 aromatic carbocycles. The second kappa shape index (κ2) is 8.36. The van der Waals surface area contributed by atoms with E-state index in [4.69, 9.17) is 10.8 Å². The SMILES string of the molecule is CC(C)(C)C(NC(=O)c1cn(CCCCCO)c2ccccc12)C(N)=O. The molecule has 6 nitrogen and oxygen atoms in total. The van der Waals surface area contributed by atoms with Gasteiger partial charge in [0, 0.05) is 30.3 Å². The van der Waals surface area contributed by atoms with E-state index in [1.54, 1.807) is 0 Å². The zero-order chi connectivity index (χ0) is 19.3. The van der Waals surface area contributed by atoms with E-state index in [2.05, 4.69) is 9.88 Å². The van der Waals surface area contributed by atoms with Gasteiger partial charge in [-0.25, -0.2) is 0 Å². The quantitative estimate of drug-likeness (QED) is 0.632. The predicted molar refractivity (Wildman–Crippen MR) is 103 cm³/mol. The Labute approximate surface area is 154 Å². The molecule has 0 saturated heterocycles. The highest BCUT2D eigenvalue weighted by Gasteiger charge is 2.32. The Hall–Kier alpha value is -2.34. The van der Waals surface area contributed by atoms with Crippen LogP contribution in [0.15, 0.2) is 30.5 Å². The normalized spacial score (nSPS) is 12.9. The lowest BCUT2D eigenvalue weighted by Crippen LogP contribution is -2.52. The third kappa shape index (κ3) is 4.64. The maximum Gasteiger partial charge on any atom is 0.254 e. The van der Waals surface area contributed by atoms with Gasteiger partial charge in [0.05, 0.1) is 5.56 Å². The molecule has 0 aliphatic carbocycles. The van der Waals surface area contributed by atoms with Crippen molar-refractivity contribution in [2.75, 3.05) is 6.61 Å².